The number of imidazole rings is 1. The van der Waals surface area contributed by atoms with Crippen molar-refractivity contribution in [2.24, 2.45) is 5.92 Å². The molecule has 1 saturated heterocycles. The first-order chi connectivity index (χ1) is 15.9. The largest absolute Gasteiger partial charge is 0.453 e. The van der Waals surface area contributed by atoms with E-state index in [2.05, 4.69) is 24.8 Å². The van der Waals surface area contributed by atoms with Gasteiger partial charge in [0.05, 0.1) is 11.0 Å². The maximum Gasteiger partial charge on any atom is 0.453 e. The lowest BCUT2D eigenvalue weighted by atomic mass is 9.95. The van der Waals surface area contributed by atoms with Crippen LogP contribution in [-0.4, -0.2) is 54.9 Å². The van der Waals surface area contributed by atoms with Gasteiger partial charge in [0.1, 0.15) is 5.82 Å². The summed E-state index contributed by atoms with van der Waals surface area (Å²) in [5.41, 5.74) is 1.92. The summed E-state index contributed by atoms with van der Waals surface area (Å²) in [5.74, 6) is -0.187. The van der Waals surface area contributed by atoms with Crippen LogP contribution in [0.25, 0.3) is 16.7 Å². The Morgan fingerprint density at radius 1 is 0.970 bits per heavy atom. The number of rotatable bonds is 2. The van der Waals surface area contributed by atoms with Gasteiger partial charge >= 0.3 is 6.18 Å². The molecule has 1 fully saturated rings. The van der Waals surface area contributed by atoms with Crippen molar-refractivity contribution in [2.75, 3.05) is 29.4 Å². The molecule has 0 N–H and O–H groups in total. The number of amides is 1. The highest BCUT2D eigenvalue weighted by molar-refractivity contribution is 5.96. The summed E-state index contributed by atoms with van der Waals surface area (Å²) in [6.07, 6.45) is -3.47. The molecule has 170 valence electrons. The van der Waals surface area contributed by atoms with Crippen molar-refractivity contribution in [1.82, 2.24) is 29.4 Å². The molecule has 0 bridgehead atoms. The van der Waals surface area contributed by atoms with Gasteiger partial charge in [-0.3, -0.25) is 9.69 Å². The Labute approximate surface area is 185 Å². The number of nitrogens with zero attached hydrogens (tertiary/aromatic N) is 8. The fourth-order valence-electron chi connectivity index (χ4n) is 4.70. The van der Waals surface area contributed by atoms with Gasteiger partial charge < -0.3 is 9.47 Å². The SMILES string of the molecule is O=C(C1CCN(c2ccc3nnc(C(F)(F)F)n3n2)CC1)N1CCn2c1nc1ccccc12. The zero-order valence-electron chi connectivity index (χ0n) is 17.4. The predicted octanol–water partition coefficient (Wildman–Crippen LogP) is 2.76. The minimum absolute atomic E-state index is 0.0352. The fourth-order valence-corrected chi connectivity index (χ4v) is 4.70. The van der Waals surface area contributed by atoms with Crippen molar-refractivity contribution in [3.8, 4) is 0 Å². The van der Waals surface area contributed by atoms with Crippen LogP contribution in [0.5, 0.6) is 0 Å². The number of aromatic nitrogens is 6. The van der Waals surface area contributed by atoms with Gasteiger partial charge in [-0.1, -0.05) is 12.1 Å². The first-order valence-corrected chi connectivity index (χ1v) is 10.7. The van der Waals surface area contributed by atoms with Crippen LogP contribution in [0.2, 0.25) is 0 Å². The zero-order valence-corrected chi connectivity index (χ0v) is 17.4. The maximum atomic E-state index is 13.3. The van der Waals surface area contributed by atoms with E-state index in [9.17, 15) is 18.0 Å². The molecule has 4 aromatic rings. The van der Waals surface area contributed by atoms with E-state index in [1.165, 1.54) is 6.07 Å². The molecule has 33 heavy (non-hydrogen) atoms. The lowest BCUT2D eigenvalue weighted by Gasteiger charge is -2.33. The van der Waals surface area contributed by atoms with E-state index in [1.807, 2.05) is 29.2 Å². The monoisotopic (exact) mass is 456 g/mol. The first-order valence-electron chi connectivity index (χ1n) is 10.7. The van der Waals surface area contributed by atoms with Crippen LogP contribution in [0.4, 0.5) is 24.9 Å². The lowest BCUT2D eigenvalue weighted by Crippen LogP contribution is -2.42. The quantitative estimate of drug-likeness (QED) is 0.461. The Bertz CT molecular complexity index is 1370. The van der Waals surface area contributed by atoms with Crippen LogP contribution < -0.4 is 9.80 Å². The van der Waals surface area contributed by atoms with Crippen molar-refractivity contribution >= 4 is 34.4 Å². The molecular formula is C21H19F3N8O. The summed E-state index contributed by atoms with van der Waals surface area (Å²) in [4.78, 5) is 21.6. The Balaban J connectivity index is 1.18. The average Bonchev–Trinajstić information content (AvgIpc) is 3.51. The Morgan fingerprint density at radius 3 is 2.55 bits per heavy atom. The normalized spacial score (nSPS) is 17.3. The zero-order chi connectivity index (χ0) is 22.7. The number of alkyl halides is 3. The van der Waals surface area contributed by atoms with Gasteiger partial charge in [-0.05, 0) is 37.1 Å². The number of fused-ring (bicyclic) bond motifs is 4. The van der Waals surface area contributed by atoms with Crippen molar-refractivity contribution in [2.45, 2.75) is 25.6 Å². The number of hydrogen-bond acceptors (Lipinski definition) is 6. The number of para-hydroxylation sites is 2. The minimum Gasteiger partial charge on any atom is -0.355 e. The third kappa shape index (κ3) is 3.19. The third-order valence-electron chi connectivity index (χ3n) is 6.36. The molecule has 0 spiro atoms. The summed E-state index contributed by atoms with van der Waals surface area (Å²) in [6.45, 7) is 2.34. The van der Waals surface area contributed by atoms with Gasteiger partial charge in [-0.15, -0.1) is 15.3 Å². The molecule has 6 rings (SSSR count). The second-order valence-corrected chi connectivity index (χ2v) is 8.29. The molecule has 0 radical (unpaired) electrons. The topological polar surface area (TPSA) is 84.5 Å². The van der Waals surface area contributed by atoms with Gasteiger partial charge in [0.15, 0.2) is 5.65 Å². The smallest absolute Gasteiger partial charge is 0.355 e. The summed E-state index contributed by atoms with van der Waals surface area (Å²) < 4.78 is 42.3. The summed E-state index contributed by atoms with van der Waals surface area (Å²) in [6, 6.07) is 10.9. The van der Waals surface area contributed by atoms with E-state index in [0.717, 1.165) is 15.5 Å². The van der Waals surface area contributed by atoms with Crippen LogP contribution in [0.1, 0.15) is 18.7 Å². The number of piperidine rings is 1. The molecule has 2 aliphatic rings. The standard InChI is InChI=1S/C21H19F3N8O/c22-21(23,24)19-27-26-16-5-6-17(28-32(16)19)29-9-7-13(8-10-29)18(33)31-12-11-30-15-4-2-1-3-14(15)25-20(30)31/h1-6,13H,7-12H2. The highest BCUT2D eigenvalue weighted by Gasteiger charge is 2.38. The Hall–Kier alpha value is -3.70. The number of carbonyl (C=O) groups excluding carboxylic acids is 1. The second kappa shape index (κ2) is 7.15. The molecule has 2 aliphatic heterocycles. The molecule has 3 aromatic heterocycles. The Morgan fingerprint density at radius 2 is 1.76 bits per heavy atom. The van der Waals surface area contributed by atoms with Gasteiger partial charge in [-0.25, -0.2) is 4.98 Å². The number of hydrogen-bond donors (Lipinski definition) is 0. The molecule has 0 aliphatic carbocycles. The van der Waals surface area contributed by atoms with Crippen LogP contribution in [0.3, 0.4) is 0 Å². The average molecular weight is 456 g/mol. The molecular weight excluding hydrogens is 437 g/mol. The number of carbonyl (C=O) groups is 1. The van der Waals surface area contributed by atoms with Crippen molar-refractivity contribution < 1.29 is 18.0 Å². The summed E-state index contributed by atoms with van der Waals surface area (Å²) in [7, 11) is 0. The van der Waals surface area contributed by atoms with E-state index in [-0.39, 0.29) is 17.5 Å². The highest BCUT2D eigenvalue weighted by Crippen LogP contribution is 2.32. The Kier molecular flexibility index (Phi) is 4.32. The highest BCUT2D eigenvalue weighted by atomic mass is 19.4. The van der Waals surface area contributed by atoms with E-state index in [0.29, 0.717) is 50.8 Å². The van der Waals surface area contributed by atoms with E-state index in [1.54, 1.807) is 11.0 Å². The van der Waals surface area contributed by atoms with Crippen LogP contribution in [0.15, 0.2) is 36.4 Å². The van der Waals surface area contributed by atoms with Gasteiger partial charge in [0.25, 0.3) is 5.82 Å². The fraction of sp³-hybridized carbons (Fsp3) is 0.381. The second-order valence-electron chi connectivity index (χ2n) is 8.29. The molecule has 1 aromatic carbocycles. The molecule has 5 heterocycles. The van der Waals surface area contributed by atoms with E-state index in [4.69, 9.17) is 0 Å². The van der Waals surface area contributed by atoms with Crippen LogP contribution >= 0.6 is 0 Å². The van der Waals surface area contributed by atoms with Gasteiger partial charge in [-0.2, -0.15) is 17.7 Å². The minimum atomic E-state index is -4.64. The molecule has 0 saturated carbocycles. The van der Waals surface area contributed by atoms with E-state index < -0.39 is 12.0 Å². The molecule has 1 amide bonds. The van der Waals surface area contributed by atoms with Crippen molar-refractivity contribution in [3.63, 3.8) is 0 Å². The molecule has 12 heteroatoms. The molecule has 0 atom stereocenters. The molecule has 9 nitrogen and oxygen atoms in total. The number of anilines is 2. The molecule has 0 unspecified atom stereocenters. The maximum absolute atomic E-state index is 13.3. The summed E-state index contributed by atoms with van der Waals surface area (Å²) >= 11 is 0. The van der Waals surface area contributed by atoms with Crippen LogP contribution in [0, 0.1) is 5.92 Å². The number of benzene rings is 1. The van der Waals surface area contributed by atoms with Crippen LogP contribution in [-0.2, 0) is 17.5 Å². The third-order valence-corrected chi connectivity index (χ3v) is 6.36. The lowest BCUT2D eigenvalue weighted by molar-refractivity contribution is -0.146. The van der Waals surface area contributed by atoms with Crippen molar-refractivity contribution in [1.29, 1.82) is 0 Å². The number of halogens is 3. The summed E-state index contributed by atoms with van der Waals surface area (Å²) in [5, 5.41) is 10.9. The first kappa shape index (κ1) is 19.9. The van der Waals surface area contributed by atoms with Crippen molar-refractivity contribution in [3.05, 3.63) is 42.2 Å². The van der Waals surface area contributed by atoms with Gasteiger partial charge in [0.2, 0.25) is 11.9 Å². The predicted molar refractivity (Wildman–Crippen MR) is 113 cm³/mol. The van der Waals surface area contributed by atoms with Gasteiger partial charge in [0, 0.05) is 32.1 Å². The van der Waals surface area contributed by atoms with E-state index >= 15 is 0 Å².